The Balaban J connectivity index is 0.000000487. The van der Waals surface area contributed by atoms with Crippen molar-refractivity contribution in [3.8, 4) is 0 Å². The van der Waals surface area contributed by atoms with Crippen LogP contribution in [0.2, 0.25) is 0 Å². The minimum absolute atomic E-state index is 0.00509. The van der Waals surface area contributed by atoms with Crippen LogP contribution >= 0.6 is 11.6 Å². The quantitative estimate of drug-likeness (QED) is 0.592. The van der Waals surface area contributed by atoms with Crippen LogP contribution in [0, 0.1) is 6.92 Å². The number of hydrogen-bond donors (Lipinski definition) is 2. The number of rotatable bonds is 5. The number of aliphatic carboxylic acids is 1. The molecule has 140 valence electrons. The second-order valence-electron chi connectivity index (χ2n) is 5.50. The summed E-state index contributed by atoms with van der Waals surface area (Å²) in [6, 6.07) is 11.9. The standard InChI is InChI=1S/C15H13ClO3S.C3H7NO2/c1-11-6-8-12(9-7-11)20(18,19)15-5-3-2-4-13(15)14(17)10-16;1-2(4)3(5)6/h2-9H,10H2,1H3;2H,4H2,1H3,(H,5,6). The Morgan fingerprint density at radius 1 is 1.12 bits per heavy atom. The number of alkyl halides is 1. The highest BCUT2D eigenvalue weighted by molar-refractivity contribution is 7.91. The fourth-order valence-corrected chi connectivity index (χ4v) is 3.47. The topological polar surface area (TPSA) is 115 Å². The van der Waals surface area contributed by atoms with Crippen LogP contribution in [-0.2, 0) is 14.6 Å². The Hall–Kier alpha value is -2.22. The van der Waals surface area contributed by atoms with Crippen molar-refractivity contribution in [3.05, 3.63) is 59.7 Å². The Labute approximate surface area is 157 Å². The van der Waals surface area contributed by atoms with Crippen LogP contribution in [-0.4, -0.2) is 37.2 Å². The first-order chi connectivity index (χ1) is 12.1. The monoisotopic (exact) mass is 397 g/mol. The summed E-state index contributed by atoms with van der Waals surface area (Å²) in [6.07, 6.45) is 0. The maximum atomic E-state index is 12.6. The molecule has 26 heavy (non-hydrogen) atoms. The highest BCUT2D eigenvalue weighted by Crippen LogP contribution is 2.24. The van der Waals surface area contributed by atoms with Crippen LogP contribution in [0.4, 0.5) is 0 Å². The first-order valence-corrected chi connectivity index (χ1v) is 9.61. The molecule has 8 heteroatoms. The molecule has 2 rings (SSSR count). The van der Waals surface area contributed by atoms with Gasteiger partial charge in [-0.15, -0.1) is 11.6 Å². The minimum Gasteiger partial charge on any atom is -0.480 e. The summed E-state index contributed by atoms with van der Waals surface area (Å²) >= 11 is 5.53. The molecule has 0 aliphatic rings. The summed E-state index contributed by atoms with van der Waals surface area (Å²) in [5.41, 5.74) is 5.93. The van der Waals surface area contributed by atoms with Gasteiger partial charge in [0.2, 0.25) is 9.84 Å². The minimum atomic E-state index is -3.72. The van der Waals surface area contributed by atoms with Gasteiger partial charge in [-0.25, -0.2) is 8.42 Å². The van der Waals surface area contributed by atoms with E-state index in [-0.39, 0.29) is 21.2 Å². The molecule has 0 amide bonds. The average molecular weight is 398 g/mol. The molecule has 3 N–H and O–H groups in total. The van der Waals surface area contributed by atoms with Crippen LogP contribution in [0.1, 0.15) is 22.8 Å². The third-order valence-corrected chi connectivity index (χ3v) is 5.39. The number of ketones is 1. The van der Waals surface area contributed by atoms with Crippen LogP contribution in [0.15, 0.2) is 58.3 Å². The van der Waals surface area contributed by atoms with Gasteiger partial charge in [0.05, 0.1) is 15.7 Å². The van der Waals surface area contributed by atoms with Gasteiger partial charge in [-0.1, -0.05) is 35.9 Å². The van der Waals surface area contributed by atoms with Gasteiger partial charge in [-0.2, -0.15) is 0 Å². The van der Waals surface area contributed by atoms with Crippen molar-refractivity contribution in [1.82, 2.24) is 0 Å². The van der Waals surface area contributed by atoms with E-state index in [1.54, 1.807) is 24.3 Å². The van der Waals surface area contributed by atoms with Crippen molar-refractivity contribution >= 4 is 33.2 Å². The maximum absolute atomic E-state index is 12.6. The Morgan fingerprint density at radius 2 is 1.62 bits per heavy atom. The van der Waals surface area contributed by atoms with Crippen LogP contribution in [0.5, 0.6) is 0 Å². The smallest absolute Gasteiger partial charge is 0.320 e. The molecule has 1 atom stereocenters. The Kier molecular flexibility index (Phi) is 7.95. The number of carbonyl (C=O) groups excluding carboxylic acids is 1. The van der Waals surface area contributed by atoms with E-state index in [0.29, 0.717) is 0 Å². The number of Topliss-reactive ketones (excluding diaryl/α,β-unsaturated/α-hetero) is 1. The molecule has 0 bridgehead atoms. The van der Waals surface area contributed by atoms with E-state index in [9.17, 15) is 18.0 Å². The lowest BCUT2D eigenvalue weighted by atomic mass is 10.1. The number of carbonyl (C=O) groups is 2. The fourth-order valence-electron chi connectivity index (χ4n) is 1.85. The Bertz CT molecular complexity index is 877. The predicted molar refractivity (Wildman–Crippen MR) is 99.4 cm³/mol. The number of hydrogen-bond acceptors (Lipinski definition) is 5. The van der Waals surface area contributed by atoms with Crippen molar-refractivity contribution < 1.29 is 23.1 Å². The van der Waals surface area contributed by atoms with Crippen molar-refractivity contribution in [1.29, 1.82) is 0 Å². The highest BCUT2D eigenvalue weighted by Gasteiger charge is 2.23. The zero-order chi connectivity index (χ0) is 19.9. The van der Waals surface area contributed by atoms with Crippen LogP contribution < -0.4 is 5.73 Å². The molecule has 0 heterocycles. The molecule has 0 aliphatic heterocycles. The molecule has 0 fully saturated rings. The summed E-state index contributed by atoms with van der Waals surface area (Å²) < 4.78 is 25.2. The predicted octanol–water partition coefficient (Wildman–Crippen LogP) is 2.67. The first kappa shape index (κ1) is 21.8. The number of benzene rings is 2. The third-order valence-electron chi connectivity index (χ3n) is 3.32. The number of halogens is 1. The van der Waals surface area contributed by atoms with Gasteiger partial charge in [0.15, 0.2) is 5.78 Å². The van der Waals surface area contributed by atoms with E-state index in [0.717, 1.165) is 5.56 Å². The van der Waals surface area contributed by atoms with Gasteiger partial charge < -0.3 is 10.8 Å². The zero-order valence-electron chi connectivity index (χ0n) is 14.3. The summed E-state index contributed by atoms with van der Waals surface area (Å²) in [5.74, 6) is -1.62. The molecule has 0 aliphatic carbocycles. The third kappa shape index (κ3) is 5.66. The summed E-state index contributed by atoms with van der Waals surface area (Å²) in [4.78, 5) is 21.5. The molecule has 2 aromatic rings. The molecule has 0 radical (unpaired) electrons. The lowest BCUT2D eigenvalue weighted by molar-refractivity contribution is -0.138. The van der Waals surface area contributed by atoms with E-state index in [1.165, 1.54) is 31.2 Å². The number of carboxylic acid groups (broad SMARTS) is 1. The lowest BCUT2D eigenvalue weighted by Gasteiger charge is -2.09. The van der Waals surface area contributed by atoms with Gasteiger partial charge in [0.1, 0.15) is 6.04 Å². The number of sulfone groups is 1. The fraction of sp³-hybridized carbons (Fsp3) is 0.222. The van der Waals surface area contributed by atoms with Crippen molar-refractivity contribution in [2.75, 3.05) is 5.88 Å². The zero-order valence-corrected chi connectivity index (χ0v) is 15.9. The van der Waals surface area contributed by atoms with Crippen LogP contribution in [0.3, 0.4) is 0 Å². The maximum Gasteiger partial charge on any atom is 0.320 e. The van der Waals surface area contributed by atoms with E-state index in [2.05, 4.69) is 0 Å². The summed E-state index contributed by atoms with van der Waals surface area (Å²) in [6.45, 7) is 3.30. The van der Waals surface area contributed by atoms with Gasteiger partial charge in [-0.05, 0) is 32.0 Å². The molecule has 1 unspecified atom stereocenters. The van der Waals surface area contributed by atoms with Crippen LogP contribution in [0.25, 0.3) is 0 Å². The molecular weight excluding hydrogens is 378 g/mol. The molecule has 0 saturated carbocycles. The first-order valence-electron chi connectivity index (χ1n) is 7.59. The van der Waals surface area contributed by atoms with Gasteiger partial charge in [0, 0.05) is 5.56 Å². The van der Waals surface area contributed by atoms with E-state index in [4.69, 9.17) is 22.4 Å². The summed E-state index contributed by atoms with van der Waals surface area (Å²) in [7, 11) is -3.72. The second kappa shape index (κ2) is 9.47. The molecule has 0 spiro atoms. The van der Waals surface area contributed by atoms with Gasteiger partial charge >= 0.3 is 5.97 Å². The molecule has 0 aromatic heterocycles. The lowest BCUT2D eigenvalue weighted by Crippen LogP contribution is -2.25. The molecular formula is C18H20ClNO5S. The highest BCUT2D eigenvalue weighted by atomic mass is 35.5. The SMILES string of the molecule is CC(N)C(=O)O.Cc1ccc(S(=O)(=O)c2ccccc2C(=O)CCl)cc1. The van der Waals surface area contributed by atoms with Gasteiger partial charge in [0.25, 0.3) is 0 Å². The van der Waals surface area contributed by atoms with E-state index < -0.39 is 27.6 Å². The summed E-state index contributed by atoms with van der Waals surface area (Å²) in [5, 5.41) is 7.87. The number of aryl methyl sites for hydroxylation is 1. The number of carboxylic acids is 1. The average Bonchev–Trinajstić information content (AvgIpc) is 2.61. The van der Waals surface area contributed by atoms with Crippen molar-refractivity contribution in [2.45, 2.75) is 29.7 Å². The van der Waals surface area contributed by atoms with E-state index in [1.807, 2.05) is 6.92 Å². The van der Waals surface area contributed by atoms with Gasteiger partial charge in [-0.3, -0.25) is 9.59 Å². The Morgan fingerprint density at radius 3 is 2.08 bits per heavy atom. The second-order valence-corrected chi connectivity index (χ2v) is 7.68. The molecule has 6 nitrogen and oxygen atoms in total. The van der Waals surface area contributed by atoms with Crippen molar-refractivity contribution in [2.24, 2.45) is 5.73 Å². The molecule has 2 aromatic carbocycles. The van der Waals surface area contributed by atoms with Crippen molar-refractivity contribution in [3.63, 3.8) is 0 Å². The molecule has 0 saturated heterocycles. The largest absolute Gasteiger partial charge is 0.480 e. The normalized spacial score (nSPS) is 11.8. The van der Waals surface area contributed by atoms with E-state index >= 15 is 0 Å². The number of nitrogens with two attached hydrogens (primary N) is 1.